The Bertz CT molecular complexity index is 772. The van der Waals surface area contributed by atoms with Crippen molar-refractivity contribution in [3.63, 3.8) is 0 Å². The Morgan fingerprint density at radius 2 is 1.67 bits per heavy atom. The van der Waals surface area contributed by atoms with Crippen LogP contribution in [0.2, 0.25) is 0 Å². The fourth-order valence-corrected chi connectivity index (χ4v) is 3.40. The van der Waals surface area contributed by atoms with E-state index in [0.29, 0.717) is 18.8 Å². The van der Waals surface area contributed by atoms with Gasteiger partial charge in [0.05, 0.1) is 43.4 Å². The van der Waals surface area contributed by atoms with E-state index < -0.39 is 0 Å². The first-order valence-corrected chi connectivity index (χ1v) is 9.32. The molecule has 0 saturated carbocycles. The Labute approximate surface area is 158 Å². The average molecular weight is 368 g/mol. The van der Waals surface area contributed by atoms with Gasteiger partial charge in [-0.05, 0) is 30.3 Å². The van der Waals surface area contributed by atoms with Gasteiger partial charge in [-0.3, -0.25) is 9.78 Å². The third-order valence-electron chi connectivity index (χ3n) is 4.88. The maximum Gasteiger partial charge on any atom is 0.257 e. The molecule has 7 heteroatoms. The number of rotatable bonds is 4. The lowest BCUT2D eigenvalue weighted by molar-refractivity contribution is 0.102. The number of nitrogens with one attached hydrogen (secondary N) is 1. The molecule has 142 valence electrons. The zero-order valence-electron chi connectivity index (χ0n) is 15.3. The average Bonchev–Trinajstić information content (AvgIpc) is 2.76. The summed E-state index contributed by atoms with van der Waals surface area (Å²) in [6.45, 7) is 6.24. The van der Waals surface area contributed by atoms with Crippen LogP contribution in [0.15, 0.2) is 42.7 Å². The molecule has 0 atom stereocenters. The number of carbonyl (C=O) groups excluding carboxylic acids is 1. The summed E-state index contributed by atoms with van der Waals surface area (Å²) in [7, 11) is 0. The highest BCUT2D eigenvalue weighted by atomic mass is 16.5. The molecule has 0 bridgehead atoms. The fraction of sp³-hybridized carbons (Fsp3) is 0.400. The second kappa shape index (κ2) is 8.37. The van der Waals surface area contributed by atoms with E-state index >= 15 is 0 Å². The summed E-state index contributed by atoms with van der Waals surface area (Å²) < 4.78 is 11.0. The predicted octanol–water partition coefficient (Wildman–Crippen LogP) is 2.01. The van der Waals surface area contributed by atoms with E-state index in [1.54, 1.807) is 24.5 Å². The number of pyridine rings is 1. The van der Waals surface area contributed by atoms with Crippen molar-refractivity contribution in [3.8, 4) is 0 Å². The van der Waals surface area contributed by atoms with Crippen LogP contribution in [-0.2, 0) is 9.47 Å². The third-order valence-corrected chi connectivity index (χ3v) is 4.88. The summed E-state index contributed by atoms with van der Waals surface area (Å²) in [5, 5.41) is 3.05. The number of benzene rings is 1. The molecule has 2 aromatic rings. The number of nitrogens with zero attached hydrogens (tertiary/aromatic N) is 3. The van der Waals surface area contributed by atoms with Gasteiger partial charge in [-0.2, -0.15) is 0 Å². The third kappa shape index (κ3) is 4.20. The minimum absolute atomic E-state index is 0.156. The fourth-order valence-electron chi connectivity index (χ4n) is 3.40. The van der Waals surface area contributed by atoms with Gasteiger partial charge in [-0.15, -0.1) is 0 Å². The quantitative estimate of drug-likeness (QED) is 0.891. The first kappa shape index (κ1) is 17.8. The van der Waals surface area contributed by atoms with Crippen LogP contribution < -0.4 is 15.1 Å². The van der Waals surface area contributed by atoms with E-state index in [0.717, 1.165) is 56.5 Å². The van der Waals surface area contributed by atoms with Gasteiger partial charge in [0.15, 0.2) is 0 Å². The largest absolute Gasteiger partial charge is 0.378 e. The smallest absolute Gasteiger partial charge is 0.257 e. The highest BCUT2D eigenvalue weighted by Gasteiger charge is 2.20. The zero-order chi connectivity index (χ0) is 18.5. The normalized spacial score (nSPS) is 17.6. The molecule has 1 N–H and O–H groups in total. The van der Waals surface area contributed by atoms with Crippen molar-refractivity contribution < 1.29 is 14.3 Å². The molecule has 0 spiro atoms. The van der Waals surface area contributed by atoms with Gasteiger partial charge in [0.1, 0.15) is 0 Å². The standard InChI is InChI=1S/C20H24N4O3/c25-20(16-2-1-5-21-15-16)22-18-4-3-17(23-6-10-26-11-7-23)14-19(18)24-8-12-27-13-9-24/h1-5,14-15H,6-13H2,(H,22,25). The number of hydrogen-bond acceptors (Lipinski definition) is 6. The predicted molar refractivity (Wildman–Crippen MR) is 105 cm³/mol. The van der Waals surface area contributed by atoms with Crippen LogP contribution in [0.1, 0.15) is 10.4 Å². The number of carbonyl (C=O) groups is 1. The number of ether oxygens (including phenoxy) is 2. The van der Waals surface area contributed by atoms with E-state index in [2.05, 4.69) is 32.2 Å². The zero-order valence-corrected chi connectivity index (χ0v) is 15.3. The van der Waals surface area contributed by atoms with E-state index in [1.807, 2.05) is 6.07 Å². The van der Waals surface area contributed by atoms with Gasteiger partial charge in [-0.1, -0.05) is 0 Å². The second-order valence-corrected chi connectivity index (χ2v) is 6.60. The maximum absolute atomic E-state index is 12.6. The molecular formula is C20H24N4O3. The van der Waals surface area contributed by atoms with Crippen molar-refractivity contribution in [3.05, 3.63) is 48.3 Å². The van der Waals surface area contributed by atoms with Gasteiger partial charge in [0.25, 0.3) is 5.91 Å². The topological polar surface area (TPSA) is 66.9 Å². The molecule has 1 aromatic heterocycles. The van der Waals surface area contributed by atoms with Gasteiger partial charge in [-0.25, -0.2) is 0 Å². The number of hydrogen-bond donors (Lipinski definition) is 1. The summed E-state index contributed by atoms with van der Waals surface area (Å²) in [5.74, 6) is -0.156. The SMILES string of the molecule is O=C(Nc1ccc(N2CCOCC2)cc1N1CCOCC1)c1cccnc1. The Morgan fingerprint density at radius 1 is 0.963 bits per heavy atom. The van der Waals surface area contributed by atoms with E-state index in [9.17, 15) is 4.79 Å². The summed E-state index contributed by atoms with van der Waals surface area (Å²) in [6, 6.07) is 9.74. The summed E-state index contributed by atoms with van der Waals surface area (Å²) in [5.41, 5.74) is 3.53. The van der Waals surface area contributed by atoms with Crippen LogP contribution in [0.4, 0.5) is 17.1 Å². The first-order valence-electron chi connectivity index (χ1n) is 9.32. The Hall–Kier alpha value is -2.64. The molecule has 3 heterocycles. The van der Waals surface area contributed by atoms with Crippen LogP contribution in [0, 0.1) is 0 Å². The molecule has 1 aromatic carbocycles. The number of morpholine rings is 2. The van der Waals surface area contributed by atoms with Gasteiger partial charge in [0, 0.05) is 44.3 Å². The second-order valence-electron chi connectivity index (χ2n) is 6.60. The Balaban J connectivity index is 1.61. The van der Waals surface area contributed by atoms with Crippen LogP contribution in [0.25, 0.3) is 0 Å². The maximum atomic E-state index is 12.6. The van der Waals surface area contributed by atoms with Crippen molar-refractivity contribution in [1.82, 2.24) is 4.98 Å². The summed E-state index contributed by atoms with van der Waals surface area (Å²) in [4.78, 5) is 21.2. The van der Waals surface area contributed by atoms with Crippen molar-refractivity contribution in [2.45, 2.75) is 0 Å². The van der Waals surface area contributed by atoms with Gasteiger partial charge in [0.2, 0.25) is 0 Å². The van der Waals surface area contributed by atoms with Gasteiger partial charge >= 0.3 is 0 Å². The lowest BCUT2D eigenvalue weighted by atomic mass is 10.1. The van der Waals surface area contributed by atoms with E-state index in [4.69, 9.17) is 9.47 Å². The first-order chi connectivity index (χ1) is 13.3. The molecule has 4 rings (SSSR count). The molecule has 1 amide bonds. The molecule has 7 nitrogen and oxygen atoms in total. The molecule has 0 radical (unpaired) electrons. The lowest BCUT2D eigenvalue weighted by Crippen LogP contribution is -2.38. The molecule has 0 aliphatic carbocycles. The highest BCUT2D eigenvalue weighted by Crippen LogP contribution is 2.32. The minimum Gasteiger partial charge on any atom is -0.378 e. The lowest BCUT2D eigenvalue weighted by Gasteiger charge is -2.33. The number of anilines is 3. The van der Waals surface area contributed by atoms with Crippen LogP contribution in [-0.4, -0.2) is 63.5 Å². The summed E-state index contributed by atoms with van der Waals surface area (Å²) in [6.07, 6.45) is 3.24. The molecule has 0 unspecified atom stereocenters. The van der Waals surface area contributed by atoms with E-state index in [-0.39, 0.29) is 5.91 Å². The molecule has 27 heavy (non-hydrogen) atoms. The van der Waals surface area contributed by atoms with Crippen LogP contribution in [0.5, 0.6) is 0 Å². The minimum atomic E-state index is -0.156. The van der Waals surface area contributed by atoms with Crippen molar-refractivity contribution in [2.75, 3.05) is 67.7 Å². The highest BCUT2D eigenvalue weighted by molar-refractivity contribution is 6.06. The van der Waals surface area contributed by atoms with Gasteiger partial charge < -0.3 is 24.6 Å². The van der Waals surface area contributed by atoms with E-state index in [1.165, 1.54) is 0 Å². The molecular weight excluding hydrogens is 344 g/mol. The Morgan fingerprint density at radius 3 is 2.33 bits per heavy atom. The molecule has 2 aliphatic rings. The summed E-state index contributed by atoms with van der Waals surface area (Å²) >= 11 is 0. The molecule has 2 fully saturated rings. The molecule has 2 aliphatic heterocycles. The molecule has 2 saturated heterocycles. The van der Waals surface area contributed by atoms with Crippen LogP contribution >= 0.6 is 0 Å². The Kier molecular flexibility index (Phi) is 5.50. The van der Waals surface area contributed by atoms with Crippen LogP contribution in [0.3, 0.4) is 0 Å². The van der Waals surface area contributed by atoms with Crippen molar-refractivity contribution in [2.24, 2.45) is 0 Å². The van der Waals surface area contributed by atoms with Crippen molar-refractivity contribution in [1.29, 1.82) is 0 Å². The monoisotopic (exact) mass is 368 g/mol. The number of amides is 1. The number of aromatic nitrogens is 1. The van der Waals surface area contributed by atoms with Crippen molar-refractivity contribution >= 4 is 23.0 Å².